The first-order valence-electron chi connectivity index (χ1n) is 6.92. The SMILES string of the molecule is C=CCN=Cc1ccc(B2OC(C)(C)C(C)(C)O2)cc1. The van der Waals surface area contributed by atoms with Gasteiger partial charge in [0, 0.05) is 6.21 Å². The van der Waals surface area contributed by atoms with E-state index in [1.807, 2.05) is 30.5 Å². The third kappa shape index (κ3) is 3.02. The third-order valence-electron chi connectivity index (χ3n) is 3.94. The summed E-state index contributed by atoms with van der Waals surface area (Å²) < 4.78 is 12.0. The Hall–Kier alpha value is -1.39. The van der Waals surface area contributed by atoms with Gasteiger partial charge in [0.25, 0.3) is 0 Å². The Morgan fingerprint density at radius 3 is 2.15 bits per heavy atom. The monoisotopic (exact) mass is 271 g/mol. The van der Waals surface area contributed by atoms with E-state index in [0.29, 0.717) is 6.54 Å². The summed E-state index contributed by atoms with van der Waals surface area (Å²) >= 11 is 0. The quantitative estimate of drug-likeness (QED) is 0.479. The molecule has 0 atom stereocenters. The molecule has 0 saturated carbocycles. The van der Waals surface area contributed by atoms with E-state index in [1.54, 1.807) is 6.08 Å². The fourth-order valence-corrected chi connectivity index (χ4v) is 1.95. The van der Waals surface area contributed by atoms with Crippen LogP contribution in [0.3, 0.4) is 0 Å². The Bertz CT molecular complexity index is 490. The third-order valence-corrected chi connectivity index (χ3v) is 3.94. The van der Waals surface area contributed by atoms with Gasteiger partial charge in [0.1, 0.15) is 0 Å². The first kappa shape index (κ1) is 15.0. The zero-order valence-electron chi connectivity index (χ0n) is 12.7. The average molecular weight is 271 g/mol. The van der Waals surface area contributed by atoms with Crippen molar-refractivity contribution in [2.45, 2.75) is 38.9 Å². The normalized spacial score (nSPS) is 20.5. The standard InChI is InChI=1S/C16H22BNO2/c1-6-11-18-12-13-7-9-14(10-8-13)17-19-15(2,3)16(4,5)20-17/h6-10,12H,1,11H2,2-5H3. The van der Waals surface area contributed by atoms with Gasteiger partial charge in [0.2, 0.25) is 0 Å². The minimum absolute atomic E-state index is 0.304. The molecule has 3 nitrogen and oxygen atoms in total. The molecule has 106 valence electrons. The van der Waals surface area contributed by atoms with Crippen LogP contribution >= 0.6 is 0 Å². The molecule has 1 aliphatic rings. The number of aliphatic imine (C=N–C) groups is 1. The van der Waals surface area contributed by atoms with Crippen molar-refractivity contribution in [1.29, 1.82) is 0 Å². The zero-order valence-corrected chi connectivity index (χ0v) is 12.7. The molecule has 0 aliphatic carbocycles. The topological polar surface area (TPSA) is 30.8 Å². The molecule has 0 spiro atoms. The summed E-state index contributed by atoms with van der Waals surface area (Å²) in [4.78, 5) is 4.23. The Morgan fingerprint density at radius 2 is 1.65 bits per heavy atom. The van der Waals surface area contributed by atoms with Gasteiger partial charge in [-0.25, -0.2) is 0 Å². The van der Waals surface area contributed by atoms with Crippen molar-refractivity contribution in [3.63, 3.8) is 0 Å². The van der Waals surface area contributed by atoms with Crippen LogP contribution in [0.1, 0.15) is 33.3 Å². The Balaban J connectivity index is 2.10. The van der Waals surface area contributed by atoms with E-state index < -0.39 is 0 Å². The van der Waals surface area contributed by atoms with Crippen molar-refractivity contribution in [1.82, 2.24) is 0 Å². The number of hydrogen-bond donors (Lipinski definition) is 0. The summed E-state index contributed by atoms with van der Waals surface area (Å²) in [5.41, 5.74) is 1.49. The lowest BCUT2D eigenvalue weighted by Crippen LogP contribution is -2.41. The van der Waals surface area contributed by atoms with Crippen LogP contribution in [-0.2, 0) is 9.31 Å². The van der Waals surface area contributed by atoms with Gasteiger partial charge < -0.3 is 9.31 Å². The fraction of sp³-hybridized carbons (Fsp3) is 0.438. The molecule has 1 aromatic rings. The van der Waals surface area contributed by atoms with Crippen LogP contribution in [0.15, 0.2) is 41.9 Å². The number of benzene rings is 1. The van der Waals surface area contributed by atoms with E-state index in [-0.39, 0.29) is 18.3 Å². The van der Waals surface area contributed by atoms with E-state index >= 15 is 0 Å². The summed E-state index contributed by atoms with van der Waals surface area (Å²) in [6.45, 7) is 12.5. The minimum atomic E-state index is -0.306. The molecule has 0 bridgehead atoms. The summed E-state index contributed by atoms with van der Waals surface area (Å²) in [5, 5.41) is 0. The van der Waals surface area contributed by atoms with Crippen LogP contribution in [0.2, 0.25) is 0 Å². The predicted octanol–water partition coefficient (Wildman–Crippen LogP) is 2.59. The maximum Gasteiger partial charge on any atom is 0.494 e. The molecule has 4 heteroatoms. The number of hydrogen-bond acceptors (Lipinski definition) is 3. The van der Waals surface area contributed by atoms with Gasteiger partial charge in [-0.2, -0.15) is 0 Å². The molecule has 2 rings (SSSR count). The molecular weight excluding hydrogens is 249 g/mol. The van der Waals surface area contributed by atoms with Gasteiger partial charge in [-0.3, -0.25) is 4.99 Å². The molecule has 1 saturated heterocycles. The van der Waals surface area contributed by atoms with E-state index in [2.05, 4.69) is 39.3 Å². The summed E-state index contributed by atoms with van der Waals surface area (Å²) in [6, 6.07) is 8.09. The smallest absolute Gasteiger partial charge is 0.399 e. The van der Waals surface area contributed by atoms with Crippen molar-refractivity contribution in [2.75, 3.05) is 6.54 Å². The van der Waals surface area contributed by atoms with Crippen molar-refractivity contribution < 1.29 is 9.31 Å². The maximum absolute atomic E-state index is 6.02. The Kier molecular flexibility index (Phi) is 4.16. The zero-order chi connectivity index (χ0) is 14.8. The molecular formula is C16H22BNO2. The van der Waals surface area contributed by atoms with Crippen LogP contribution in [-0.4, -0.2) is 31.1 Å². The van der Waals surface area contributed by atoms with Gasteiger partial charge in [0.15, 0.2) is 0 Å². The fourth-order valence-electron chi connectivity index (χ4n) is 1.95. The molecule has 1 fully saturated rings. The summed E-state index contributed by atoms with van der Waals surface area (Å²) in [7, 11) is -0.306. The van der Waals surface area contributed by atoms with Crippen LogP contribution in [0.5, 0.6) is 0 Å². The molecule has 1 aromatic carbocycles. The first-order chi connectivity index (χ1) is 9.36. The molecule has 0 radical (unpaired) electrons. The van der Waals surface area contributed by atoms with E-state index in [1.165, 1.54) is 0 Å². The first-order valence-corrected chi connectivity index (χ1v) is 6.92. The van der Waals surface area contributed by atoms with Gasteiger partial charge >= 0.3 is 7.12 Å². The summed E-state index contributed by atoms with van der Waals surface area (Å²) in [6.07, 6.45) is 3.62. The molecule has 0 amide bonds. The molecule has 0 unspecified atom stereocenters. The lowest BCUT2D eigenvalue weighted by Gasteiger charge is -2.32. The van der Waals surface area contributed by atoms with E-state index in [9.17, 15) is 0 Å². The lowest BCUT2D eigenvalue weighted by molar-refractivity contribution is 0.00578. The lowest BCUT2D eigenvalue weighted by atomic mass is 9.79. The number of nitrogens with zero attached hydrogens (tertiary/aromatic N) is 1. The minimum Gasteiger partial charge on any atom is -0.399 e. The van der Waals surface area contributed by atoms with Crippen LogP contribution in [0, 0.1) is 0 Å². The maximum atomic E-state index is 6.02. The van der Waals surface area contributed by atoms with E-state index in [4.69, 9.17) is 9.31 Å². The molecule has 1 heterocycles. The second kappa shape index (κ2) is 5.54. The van der Waals surface area contributed by atoms with Crippen LogP contribution in [0.4, 0.5) is 0 Å². The molecule has 0 N–H and O–H groups in total. The second-order valence-corrected chi connectivity index (χ2v) is 6.04. The predicted molar refractivity (Wildman–Crippen MR) is 84.8 cm³/mol. The van der Waals surface area contributed by atoms with Gasteiger partial charge in [-0.15, -0.1) is 6.58 Å². The Morgan fingerprint density at radius 1 is 1.10 bits per heavy atom. The van der Waals surface area contributed by atoms with Crippen LogP contribution < -0.4 is 5.46 Å². The van der Waals surface area contributed by atoms with Crippen molar-refractivity contribution in [3.05, 3.63) is 42.5 Å². The molecule has 1 aliphatic heterocycles. The highest BCUT2D eigenvalue weighted by Gasteiger charge is 2.51. The largest absolute Gasteiger partial charge is 0.494 e. The van der Waals surface area contributed by atoms with Crippen molar-refractivity contribution in [3.8, 4) is 0 Å². The Labute approximate surface area is 121 Å². The second-order valence-electron chi connectivity index (χ2n) is 6.04. The molecule has 20 heavy (non-hydrogen) atoms. The number of rotatable bonds is 4. The summed E-state index contributed by atoms with van der Waals surface area (Å²) in [5.74, 6) is 0. The van der Waals surface area contributed by atoms with Crippen LogP contribution in [0.25, 0.3) is 0 Å². The molecule has 0 aromatic heterocycles. The van der Waals surface area contributed by atoms with E-state index in [0.717, 1.165) is 11.0 Å². The van der Waals surface area contributed by atoms with Crippen molar-refractivity contribution in [2.24, 2.45) is 4.99 Å². The highest BCUT2D eigenvalue weighted by atomic mass is 16.7. The van der Waals surface area contributed by atoms with Gasteiger partial charge in [-0.05, 0) is 38.7 Å². The highest BCUT2D eigenvalue weighted by Crippen LogP contribution is 2.36. The van der Waals surface area contributed by atoms with Gasteiger partial charge in [0.05, 0.1) is 17.7 Å². The van der Waals surface area contributed by atoms with Gasteiger partial charge in [-0.1, -0.05) is 30.3 Å². The average Bonchev–Trinajstić information content (AvgIpc) is 2.60. The van der Waals surface area contributed by atoms with Crippen molar-refractivity contribution >= 4 is 18.8 Å². The highest BCUT2D eigenvalue weighted by molar-refractivity contribution is 6.62.